The average molecular weight is 326 g/mol. The first-order valence-corrected chi connectivity index (χ1v) is 8.77. The number of aliphatic imine (C=N–C) groups is 2. The van der Waals surface area contributed by atoms with E-state index >= 15 is 0 Å². The zero-order chi connectivity index (χ0) is 17.2. The van der Waals surface area contributed by atoms with Gasteiger partial charge in [-0.3, -0.25) is 4.99 Å². The minimum Gasteiger partial charge on any atom is -0.443 e. The highest BCUT2D eigenvalue weighted by Gasteiger charge is 2.51. The molecule has 1 aliphatic heterocycles. The normalized spacial score (nSPS) is 29.8. The Labute approximate surface area is 144 Å². The molecule has 0 radical (unpaired) electrons. The van der Waals surface area contributed by atoms with Gasteiger partial charge in [-0.1, -0.05) is 50.1 Å². The molecule has 0 saturated heterocycles. The Bertz CT molecular complexity index is 680. The molecular formula is C20H26N2O2. The summed E-state index contributed by atoms with van der Waals surface area (Å²) in [6.07, 6.45) is 5.19. The van der Waals surface area contributed by atoms with Gasteiger partial charge in [-0.05, 0) is 44.1 Å². The van der Waals surface area contributed by atoms with Gasteiger partial charge in [-0.15, -0.1) is 0 Å². The van der Waals surface area contributed by atoms with Gasteiger partial charge >= 0.3 is 6.09 Å². The summed E-state index contributed by atoms with van der Waals surface area (Å²) < 4.78 is 5.25. The van der Waals surface area contributed by atoms with Crippen LogP contribution < -0.4 is 0 Å². The van der Waals surface area contributed by atoms with Gasteiger partial charge in [-0.2, -0.15) is 4.99 Å². The second kappa shape index (κ2) is 6.50. The number of benzene rings is 1. The molecule has 1 saturated carbocycles. The summed E-state index contributed by atoms with van der Waals surface area (Å²) in [6.45, 7) is 6.69. The molecule has 0 spiro atoms. The first-order valence-electron chi connectivity index (χ1n) is 8.77. The van der Waals surface area contributed by atoms with Crippen LogP contribution in [0.25, 0.3) is 0 Å². The number of nitrogens with zero attached hydrogens (tertiary/aromatic N) is 2. The maximum absolute atomic E-state index is 12.0. The van der Waals surface area contributed by atoms with E-state index in [-0.39, 0.29) is 17.6 Å². The fourth-order valence-electron chi connectivity index (χ4n) is 3.89. The number of fused-ring (bicyclic) bond motifs is 1. The summed E-state index contributed by atoms with van der Waals surface area (Å²) >= 11 is 0. The molecule has 3 rings (SSSR count). The second-order valence-electron chi connectivity index (χ2n) is 7.51. The third-order valence-electron chi connectivity index (χ3n) is 5.76. The lowest BCUT2D eigenvalue weighted by molar-refractivity contribution is 0.122. The van der Waals surface area contributed by atoms with Crippen molar-refractivity contribution in [3.63, 3.8) is 0 Å². The van der Waals surface area contributed by atoms with Crippen LogP contribution in [0.15, 0.2) is 40.3 Å². The molecular weight excluding hydrogens is 300 g/mol. The highest BCUT2D eigenvalue weighted by molar-refractivity contribution is 6.43. The van der Waals surface area contributed by atoms with Crippen LogP contribution >= 0.6 is 0 Å². The molecule has 1 aromatic carbocycles. The van der Waals surface area contributed by atoms with Gasteiger partial charge in [0.2, 0.25) is 0 Å². The predicted octanol–water partition coefficient (Wildman–Crippen LogP) is 4.97. The van der Waals surface area contributed by atoms with Crippen LogP contribution in [0.2, 0.25) is 0 Å². The molecule has 0 aromatic heterocycles. The van der Waals surface area contributed by atoms with Crippen LogP contribution in [0.5, 0.6) is 0 Å². The molecule has 1 heterocycles. The maximum Gasteiger partial charge on any atom is 0.434 e. The van der Waals surface area contributed by atoms with E-state index in [2.05, 4.69) is 18.8 Å². The summed E-state index contributed by atoms with van der Waals surface area (Å²) in [6, 6.07) is 9.64. The fourth-order valence-corrected chi connectivity index (χ4v) is 3.89. The standard InChI is InChI=1S/C20H26N2O2/c1-15(21-18(23)24-14-16-9-5-4-6-10-16)17-13-19(2)11-7-8-12-20(19,3)22-17/h4-6,9-10H,7-8,11-14H2,1-3H3. The smallest absolute Gasteiger partial charge is 0.434 e. The largest absolute Gasteiger partial charge is 0.443 e. The van der Waals surface area contributed by atoms with Crippen LogP contribution in [0.4, 0.5) is 4.79 Å². The lowest BCUT2D eigenvalue weighted by atomic mass is 9.63. The number of ether oxygens (including phenoxy) is 1. The first-order chi connectivity index (χ1) is 11.4. The molecule has 24 heavy (non-hydrogen) atoms. The van der Waals surface area contributed by atoms with Gasteiger partial charge in [0.1, 0.15) is 6.61 Å². The van der Waals surface area contributed by atoms with E-state index in [4.69, 9.17) is 9.73 Å². The number of hydrogen-bond acceptors (Lipinski definition) is 3. The lowest BCUT2D eigenvalue weighted by Crippen LogP contribution is -2.41. The topological polar surface area (TPSA) is 51.0 Å². The predicted molar refractivity (Wildman–Crippen MR) is 96.8 cm³/mol. The molecule has 0 bridgehead atoms. The van der Waals surface area contributed by atoms with Crippen LogP contribution in [0.1, 0.15) is 58.4 Å². The Morgan fingerprint density at radius 3 is 2.62 bits per heavy atom. The number of rotatable bonds is 3. The zero-order valence-electron chi connectivity index (χ0n) is 14.8. The van der Waals surface area contributed by atoms with E-state index in [0.29, 0.717) is 5.71 Å². The Kier molecular flexibility index (Phi) is 4.57. The molecule has 128 valence electrons. The molecule has 4 nitrogen and oxygen atoms in total. The van der Waals surface area contributed by atoms with Crippen molar-refractivity contribution in [2.24, 2.45) is 15.4 Å². The van der Waals surface area contributed by atoms with Gasteiger partial charge in [0.25, 0.3) is 0 Å². The van der Waals surface area contributed by atoms with Crippen molar-refractivity contribution in [3.05, 3.63) is 35.9 Å². The lowest BCUT2D eigenvalue weighted by Gasteiger charge is -2.43. The van der Waals surface area contributed by atoms with Crippen LogP contribution in [-0.2, 0) is 11.3 Å². The van der Waals surface area contributed by atoms with Crippen molar-refractivity contribution in [1.82, 2.24) is 0 Å². The third-order valence-corrected chi connectivity index (χ3v) is 5.76. The van der Waals surface area contributed by atoms with E-state index in [1.807, 2.05) is 37.3 Å². The summed E-state index contributed by atoms with van der Waals surface area (Å²) in [7, 11) is 0. The summed E-state index contributed by atoms with van der Waals surface area (Å²) in [5.74, 6) is 0. The zero-order valence-corrected chi connectivity index (χ0v) is 14.8. The van der Waals surface area contributed by atoms with Crippen LogP contribution in [-0.4, -0.2) is 23.1 Å². The average Bonchev–Trinajstić information content (AvgIpc) is 2.85. The highest BCUT2D eigenvalue weighted by Crippen LogP contribution is 2.52. The molecule has 2 unspecified atom stereocenters. The fraction of sp³-hybridized carbons (Fsp3) is 0.550. The number of hydrogen-bond donors (Lipinski definition) is 0. The Hall–Kier alpha value is -1.97. The minimum atomic E-state index is -0.538. The number of carbonyl (C=O) groups is 1. The van der Waals surface area contributed by atoms with E-state index in [0.717, 1.165) is 24.1 Å². The third kappa shape index (κ3) is 3.28. The van der Waals surface area contributed by atoms with Crippen molar-refractivity contribution in [2.45, 2.75) is 65.0 Å². The van der Waals surface area contributed by atoms with Crippen LogP contribution in [0, 0.1) is 5.41 Å². The van der Waals surface area contributed by atoms with Crippen molar-refractivity contribution >= 4 is 17.5 Å². The maximum atomic E-state index is 12.0. The quantitative estimate of drug-likeness (QED) is 0.736. The highest BCUT2D eigenvalue weighted by atomic mass is 16.5. The second-order valence-corrected chi connectivity index (χ2v) is 7.51. The van der Waals surface area contributed by atoms with Gasteiger partial charge in [0.05, 0.1) is 17.0 Å². The van der Waals surface area contributed by atoms with E-state index in [9.17, 15) is 4.79 Å². The monoisotopic (exact) mass is 326 g/mol. The molecule has 1 fully saturated rings. The SMILES string of the molecule is CC(=NC(=O)OCc1ccccc1)C1=NC2(C)CCCCC2(C)C1. The molecule has 1 aliphatic carbocycles. The molecule has 0 N–H and O–H groups in total. The molecule has 1 aromatic rings. The number of carbonyl (C=O) groups excluding carboxylic acids is 1. The van der Waals surface area contributed by atoms with E-state index < -0.39 is 6.09 Å². The molecule has 2 atom stereocenters. The molecule has 4 heteroatoms. The van der Waals surface area contributed by atoms with Gasteiger partial charge in [0, 0.05) is 0 Å². The summed E-state index contributed by atoms with van der Waals surface area (Å²) in [5.41, 5.74) is 2.82. The van der Waals surface area contributed by atoms with Crippen molar-refractivity contribution in [1.29, 1.82) is 0 Å². The minimum absolute atomic E-state index is 0.00862. The van der Waals surface area contributed by atoms with Crippen molar-refractivity contribution in [3.8, 4) is 0 Å². The number of amides is 1. The molecule has 1 amide bonds. The Morgan fingerprint density at radius 1 is 1.21 bits per heavy atom. The van der Waals surface area contributed by atoms with Gasteiger partial charge in [0.15, 0.2) is 0 Å². The van der Waals surface area contributed by atoms with Crippen molar-refractivity contribution < 1.29 is 9.53 Å². The molecule has 2 aliphatic rings. The summed E-state index contributed by atoms with van der Waals surface area (Å²) in [4.78, 5) is 21.1. The van der Waals surface area contributed by atoms with Crippen molar-refractivity contribution in [2.75, 3.05) is 0 Å². The Balaban J connectivity index is 1.65. The summed E-state index contributed by atoms with van der Waals surface area (Å²) in [5, 5.41) is 0. The Morgan fingerprint density at radius 2 is 1.92 bits per heavy atom. The van der Waals surface area contributed by atoms with E-state index in [1.165, 1.54) is 19.3 Å². The van der Waals surface area contributed by atoms with Gasteiger partial charge in [-0.25, -0.2) is 4.79 Å². The van der Waals surface area contributed by atoms with Gasteiger partial charge < -0.3 is 4.74 Å². The van der Waals surface area contributed by atoms with Crippen LogP contribution in [0.3, 0.4) is 0 Å². The van der Waals surface area contributed by atoms with E-state index in [1.54, 1.807) is 0 Å². The first kappa shape index (κ1) is 16.9.